The van der Waals surface area contributed by atoms with Crippen molar-refractivity contribution in [3.63, 3.8) is 0 Å². The molecule has 0 aliphatic heterocycles. The topological polar surface area (TPSA) is 17.1 Å². The fourth-order valence-corrected chi connectivity index (χ4v) is 4.08. The van der Waals surface area contributed by atoms with Gasteiger partial charge in [0.15, 0.2) is 0 Å². The Morgan fingerprint density at radius 2 is 2.00 bits per heavy atom. The van der Waals surface area contributed by atoms with E-state index in [2.05, 4.69) is 27.7 Å². The lowest BCUT2D eigenvalue weighted by atomic mass is 9.70. The summed E-state index contributed by atoms with van der Waals surface area (Å²) >= 11 is 0. The molecule has 0 amide bonds. The Hall–Kier alpha value is -0.330. The van der Waals surface area contributed by atoms with Crippen molar-refractivity contribution in [2.75, 3.05) is 0 Å². The molecule has 16 heavy (non-hydrogen) atoms. The van der Waals surface area contributed by atoms with E-state index < -0.39 is 0 Å². The quantitative estimate of drug-likeness (QED) is 0.655. The minimum Gasteiger partial charge on any atom is -0.303 e. The molecule has 2 aliphatic carbocycles. The average molecular weight is 222 g/mol. The molecule has 2 rings (SSSR count). The second-order valence-corrected chi connectivity index (χ2v) is 7.10. The van der Waals surface area contributed by atoms with E-state index in [1.54, 1.807) is 0 Å². The molecular formula is C15H26O. The van der Waals surface area contributed by atoms with Gasteiger partial charge in [-0.3, -0.25) is 0 Å². The molecule has 0 heterocycles. The summed E-state index contributed by atoms with van der Waals surface area (Å²) in [7, 11) is 0. The molecule has 4 unspecified atom stereocenters. The van der Waals surface area contributed by atoms with Crippen molar-refractivity contribution in [1.29, 1.82) is 0 Å². The summed E-state index contributed by atoms with van der Waals surface area (Å²) < 4.78 is 0. The molecular weight excluding hydrogens is 196 g/mol. The van der Waals surface area contributed by atoms with E-state index in [1.165, 1.54) is 25.5 Å². The first-order valence-corrected chi connectivity index (χ1v) is 6.88. The van der Waals surface area contributed by atoms with Crippen LogP contribution in [0.2, 0.25) is 0 Å². The molecule has 92 valence electrons. The second kappa shape index (κ2) is 3.85. The zero-order valence-corrected chi connectivity index (χ0v) is 11.3. The highest BCUT2D eigenvalue weighted by molar-refractivity contribution is 5.53. The van der Waals surface area contributed by atoms with Gasteiger partial charge in [0.25, 0.3) is 0 Å². The Bertz CT molecular complexity index is 281. The van der Waals surface area contributed by atoms with Crippen molar-refractivity contribution < 1.29 is 4.79 Å². The van der Waals surface area contributed by atoms with Crippen LogP contribution in [0.15, 0.2) is 0 Å². The van der Waals surface area contributed by atoms with Crippen molar-refractivity contribution >= 4 is 6.29 Å². The maximum atomic E-state index is 11.0. The van der Waals surface area contributed by atoms with Crippen molar-refractivity contribution in [2.24, 2.45) is 28.6 Å². The largest absolute Gasteiger partial charge is 0.303 e. The van der Waals surface area contributed by atoms with Crippen LogP contribution in [0.1, 0.15) is 59.8 Å². The summed E-state index contributed by atoms with van der Waals surface area (Å²) in [5, 5.41) is 0. The van der Waals surface area contributed by atoms with Gasteiger partial charge in [0, 0.05) is 5.92 Å². The predicted octanol–water partition coefficient (Wildman–Crippen LogP) is 4.06. The van der Waals surface area contributed by atoms with Gasteiger partial charge in [-0.2, -0.15) is 0 Å². The van der Waals surface area contributed by atoms with Crippen molar-refractivity contribution in [1.82, 2.24) is 0 Å². The highest BCUT2D eigenvalue weighted by Gasteiger charge is 2.61. The van der Waals surface area contributed by atoms with E-state index in [9.17, 15) is 4.79 Å². The van der Waals surface area contributed by atoms with E-state index in [1.807, 2.05) is 0 Å². The number of hydrogen-bond acceptors (Lipinski definition) is 1. The molecule has 0 aromatic rings. The van der Waals surface area contributed by atoms with Crippen LogP contribution in [-0.4, -0.2) is 6.29 Å². The average Bonchev–Trinajstić information content (AvgIpc) is 2.77. The highest BCUT2D eigenvalue weighted by atomic mass is 16.1. The lowest BCUT2D eigenvalue weighted by Gasteiger charge is -2.35. The SMILES string of the molecule is CCC(C=O)CC1(C)CCC2C(C1)C2(C)C. The van der Waals surface area contributed by atoms with Gasteiger partial charge >= 0.3 is 0 Å². The van der Waals surface area contributed by atoms with E-state index >= 15 is 0 Å². The van der Waals surface area contributed by atoms with Gasteiger partial charge in [0.1, 0.15) is 6.29 Å². The first kappa shape index (κ1) is 12.1. The van der Waals surface area contributed by atoms with Gasteiger partial charge in [0.05, 0.1) is 0 Å². The van der Waals surface area contributed by atoms with Gasteiger partial charge in [-0.15, -0.1) is 0 Å². The van der Waals surface area contributed by atoms with Crippen LogP contribution >= 0.6 is 0 Å². The van der Waals surface area contributed by atoms with Crippen molar-refractivity contribution in [2.45, 2.75) is 59.8 Å². The van der Waals surface area contributed by atoms with Crippen LogP contribution in [-0.2, 0) is 4.79 Å². The van der Waals surface area contributed by atoms with Gasteiger partial charge in [-0.25, -0.2) is 0 Å². The Morgan fingerprint density at radius 3 is 2.50 bits per heavy atom. The maximum Gasteiger partial charge on any atom is 0.123 e. The predicted molar refractivity (Wildman–Crippen MR) is 67.2 cm³/mol. The Morgan fingerprint density at radius 1 is 1.31 bits per heavy atom. The smallest absolute Gasteiger partial charge is 0.123 e. The fraction of sp³-hybridized carbons (Fsp3) is 0.933. The molecule has 2 aliphatic rings. The summed E-state index contributed by atoms with van der Waals surface area (Å²) in [6.45, 7) is 9.38. The third kappa shape index (κ3) is 1.94. The van der Waals surface area contributed by atoms with Crippen molar-refractivity contribution in [3.8, 4) is 0 Å². The van der Waals surface area contributed by atoms with E-state index in [-0.39, 0.29) is 0 Å². The third-order valence-electron chi connectivity index (χ3n) is 5.53. The van der Waals surface area contributed by atoms with Gasteiger partial charge in [-0.1, -0.05) is 27.7 Å². The highest BCUT2D eigenvalue weighted by Crippen LogP contribution is 2.68. The molecule has 4 atom stereocenters. The molecule has 1 nitrogen and oxygen atoms in total. The van der Waals surface area contributed by atoms with E-state index in [4.69, 9.17) is 0 Å². The Balaban J connectivity index is 1.97. The summed E-state index contributed by atoms with van der Waals surface area (Å²) in [5.41, 5.74) is 1.04. The van der Waals surface area contributed by atoms with Crippen LogP contribution in [0, 0.1) is 28.6 Å². The molecule has 1 heteroatoms. The molecule has 0 N–H and O–H groups in total. The first-order chi connectivity index (χ1) is 7.43. The third-order valence-corrected chi connectivity index (χ3v) is 5.53. The van der Waals surface area contributed by atoms with Crippen molar-refractivity contribution in [3.05, 3.63) is 0 Å². The summed E-state index contributed by atoms with van der Waals surface area (Å²) in [6.07, 6.45) is 7.39. The van der Waals surface area contributed by atoms with Crippen LogP contribution in [0.25, 0.3) is 0 Å². The Kier molecular flexibility index (Phi) is 2.92. The van der Waals surface area contributed by atoms with Gasteiger partial charge < -0.3 is 4.79 Å². The molecule has 0 aromatic carbocycles. The number of carbonyl (C=O) groups excluding carboxylic acids is 1. The zero-order valence-electron chi connectivity index (χ0n) is 11.3. The Labute approximate surface area is 100.0 Å². The molecule has 0 radical (unpaired) electrons. The minimum absolute atomic E-state index is 0.295. The molecule has 0 saturated heterocycles. The number of aldehydes is 1. The molecule has 0 spiro atoms. The maximum absolute atomic E-state index is 11.0. The second-order valence-electron chi connectivity index (χ2n) is 7.10. The summed E-state index contributed by atoms with van der Waals surface area (Å²) in [4.78, 5) is 11.0. The lowest BCUT2D eigenvalue weighted by Crippen LogP contribution is -2.25. The monoisotopic (exact) mass is 222 g/mol. The summed E-state index contributed by atoms with van der Waals surface area (Å²) in [5.74, 6) is 2.22. The number of fused-ring (bicyclic) bond motifs is 1. The zero-order chi connectivity index (χ0) is 12.0. The fourth-order valence-electron chi connectivity index (χ4n) is 4.08. The van der Waals surface area contributed by atoms with Crippen LogP contribution < -0.4 is 0 Å². The van der Waals surface area contributed by atoms with Crippen LogP contribution in [0.4, 0.5) is 0 Å². The molecule has 0 bridgehead atoms. The normalized spacial score (nSPS) is 42.2. The molecule has 2 saturated carbocycles. The summed E-state index contributed by atoms with van der Waals surface area (Å²) in [6, 6.07) is 0. The molecule has 2 fully saturated rings. The van der Waals surface area contributed by atoms with E-state index in [0.717, 1.165) is 24.7 Å². The van der Waals surface area contributed by atoms with Crippen LogP contribution in [0.3, 0.4) is 0 Å². The van der Waals surface area contributed by atoms with Crippen LogP contribution in [0.5, 0.6) is 0 Å². The van der Waals surface area contributed by atoms with Gasteiger partial charge in [-0.05, 0) is 54.8 Å². The molecule has 0 aromatic heterocycles. The van der Waals surface area contributed by atoms with E-state index in [0.29, 0.717) is 16.7 Å². The number of carbonyl (C=O) groups is 1. The lowest BCUT2D eigenvalue weighted by molar-refractivity contribution is -0.112. The standard InChI is InChI=1S/C15H26O/c1-5-11(10-16)8-15(4)7-6-12-13(9-15)14(12,2)3/h10-13H,5-9H2,1-4H3. The number of hydrogen-bond donors (Lipinski definition) is 0. The van der Waals surface area contributed by atoms with Gasteiger partial charge in [0.2, 0.25) is 0 Å². The number of rotatable bonds is 4. The minimum atomic E-state index is 0.295. The first-order valence-electron chi connectivity index (χ1n) is 6.88.